The highest BCUT2D eigenvalue weighted by atomic mass is 79.9. The number of benzene rings is 1. The number of rotatable bonds is 2. The molecule has 1 N–H and O–H groups in total. The summed E-state index contributed by atoms with van der Waals surface area (Å²) < 4.78 is 18.5. The third kappa shape index (κ3) is 1.69. The standard InChI is InChI=1S/C8H9BrFNO/c1-11-7-4-8(12-2)6(10)3-5(7)9/h3-4,11H,1-2H3. The highest BCUT2D eigenvalue weighted by Gasteiger charge is 2.06. The normalized spacial score (nSPS) is 9.67. The van der Waals surface area contributed by atoms with Crippen molar-refractivity contribution in [3.8, 4) is 5.75 Å². The second kappa shape index (κ2) is 3.76. The van der Waals surface area contributed by atoms with Gasteiger partial charge >= 0.3 is 0 Å². The fourth-order valence-electron chi connectivity index (χ4n) is 0.877. The lowest BCUT2D eigenvalue weighted by molar-refractivity contribution is 0.386. The molecule has 0 bridgehead atoms. The van der Waals surface area contributed by atoms with Crippen molar-refractivity contribution < 1.29 is 9.13 Å². The van der Waals surface area contributed by atoms with Crippen molar-refractivity contribution in [1.29, 1.82) is 0 Å². The number of ether oxygens (including phenoxy) is 1. The van der Waals surface area contributed by atoms with Gasteiger partial charge in [-0.15, -0.1) is 0 Å². The zero-order valence-corrected chi connectivity index (χ0v) is 8.40. The average Bonchev–Trinajstić information content (AvgIpc) is 2.05. The lowest BCUT2D eigenvalue weighted by Gasteiger charge is -2.07. The highest BCUT2D eigenvalue weighted by molar-refractivity contribution is 9.10. The fraction of sp³-hybridized carbons (Fsp3) is 0.250. The first-order valence-corrected chi connectivity index (χ1v) is 4.19. The van der Waals surface area contributed by atoms with Crippen LogP contribution in [0.2, 0.25) is 0 Å². The van der Waals surface area contributed by atoms with Crippen molar-refractivity contribution in [1.82, 2.24) is 0 Å². The Kier molecular flexibility index (Phi) is 2.92. The van der Waals surface area contributed by atoms with Gasteiger partial charge in [0.05, 0.1) is 12.8 Å². The molecule has 0 spiro atoms. The van der Waals surface area contributed by atoms with Crippen LogP contribution in [0.4, 0.5) is 10.1 Å². The van der Waals surface area contributed by atoms with Crippen molar-refractivity contribution in [2.75, 3.05) is 19.5 Å². The number of halogens is 2. The molecule has 1 rings (SSSR count). The van der Waals surface area contributed by atoms with Crippen LogP contribution in [0.3, 0.4) is 0 Å². The van der Waals surface area contributed by atoms with Crippen LogP contribution in [0.1, 0.15) is 0 Å². The molecule has 0 aliphatic heterocycles. The molecule has 0 aliphatic rings. The Hall–Kier alpha value is -0.770. The van der Waals surface area contributed by atoms with E-state index >= 15 is 0 Å². The number of hydrogen-bond donors (Lipinski definition) is 1. The largest absolute Gasteiger partial charge is 0.494 e. The number of anilines is 1. The SMILES string of the molecule is CNc1cc(OC)c(F)cc1Br. The minimum absolute atomic E-state index is 0.238. The Morgan fingerprint density at radius 1 is 1.50 bits per heavy atom. The summed E-state index contributed by atoms with van der Waals surface area (Å²) in [4.78, 5) is 0. The van der Waals surface area contributed by atoms with Gasteiger partial charge in [0.2, 0.25) is 0 Å². The van der Waals surface area contributed by atoms with E-state index in [0.29, 0.717) is 4.47 Å². The zero-order valence-electron chi connectivity index (χ0n) is 6.82. The predicted octanol–water partition coefficient (Wildman–Crippen LogP) is 2.64. The molecule has 0 unspecified atom stereocenters. The maximum atomic E-state index is 13.0. The molecule has 1 aromatic rings. The number of nitrogens with one attached hydrogen (secondary N) is 1. The Morgan fingerprint density at radius 2 is 2.17 bits per heavy atom. The van der Waals surface area contributed by atoms with E-state index in [1.807, 2.05) is 0 Å². The Bertz CT molecular complexity index is 265. The second-order valence-electron chi connectivity index (χ2n) is 2.22. The number of hydrogen-bond acceptors (Lipinski definition) is 2. The molecule has 0 amide bonds. The molecular formula is C8H9BrFNO. The molecule has 66 valence electrons. The molecule has 12 heavy (non-hydrogen) atoms. The summed E-state index contributed by atoms with van der Waals surface area (Å²) in [6.07, 6.45) is 0. The third-order valence-corrected chi connectivity index (χ3v) is 2.17. The lowest BCUT2D eigenvalue weighted by atomic mass is 10.3. The van der Waals surface area contributed by atoms with Crippen molar-refractivity contribution in [3.05, 3.63) is 22.4 Å². The summed E-state index contributed by atoms with van der Waals surface area (Å²) in [6, 6.07) is 2.96. The minimum atomic E-state index is -0.372. The molecule has 0 aliphatic carbocycles. The van der Waals surface area contributed by atoms with Crippen LogP contribution in [-0.4, -0.2) is 14.2 Å². The van der Waals surface area contributed by atoms with E-state index in [2.05, 4.69) is 21.2 Å². The van der Waals surface area contributed by atoms with Gasteiger partial charge < -0.3 is 10.1 Å². The first-order valence-electron chi connectivity index (χ1n) is 3.40. The summed E-state index contributed by atoms with van der Waals surface area (Å²) in [5.74, 6) is -0.133. The molecular weight excluding hydrogens is 225 g/mol. The average molecular weight is 234 g/mol. The van der Waals surface area contributed by atoms with Crippen LogP contribution < -0.4 is 10.1 Å². The quantitative estimate of drug-likeness (QED) is 0.849. The number of methoxy groups -OCH3 is 1. The van der Waals surface area contributed by atoms with Crippen molar-refractivity contribution in [2.24, 2.45) is 0 Å². The molecule has 4 heteroatoms. The summed E-state index contributed by atoms with van der Waals surface area (Å²) in [7, 11) is 3.20. The van der Waals surface area contributed by atoms with E-state index in [4.69, 9.17) is 4.74 Å². The zero-order chi connectivity index (χ0) is 9.14. The first kappa shape index (κ1) is 9.32. The monoisotopic (exact) mass is 233 g/mol. The maximum absolute atomic E-state index is 13.0. The fourth-order valence-corrected chi connectivity index (χ4v) is 1.39. The molecule has 0 fully saturated rings. The van der Waals surface area contributed by atoms with Crippen LogP contribution in [0.5, 0.6) is 5.75 Å². The van der Waals surface area contributed by atoms with Crippen LogP contribution in [0, 0.1) is 5.82 Å². The van der Waals surface area contributed by atoms with Crippen LogP contribution in [0.15, 0.2) is 16.6 Å². The smallest absolute Gasteiger partial charge is 0.166 e. The van der Waals surface area contributed by atoms with Gasteiger partial charge in [-0.3, -0.25) is 0 Å². The van der Waals surface area contributed by atoms with Crippen LogP contribution in [-0.2, 0) is 0 Å². The van der Waals surface area contributed by atoms with Crippen molar-refractivity contribution in [3.63, 3.8) is 0 Å². The van der Waals surface area contributed by atoms with Gasteiger partial charge in [0.1, 0.15) is 0 Å². The summed E-state index contributed by atoms with van der Waals surface area (Å²) in [5.41, 5.74) is 0.799. The maximum Gasteiger partial charge on any atom is 0.166 e. The third-order valence-electron chi connectivity index (χ3n) is 1.51. The van der Waals surface area contributed by atoms with E-state index in [-0.39, 0.29) is 11.6 Å². The molecule has 0 heterocycles. The van der Waals surface area contributed by atoms with E-state index < -0.39 is 0 Å². The van der Waals surface area contributed by atoms with Crippen molar-refractivity contribution in [2.45, 2.75) is 0 Å². The Balaban J connectivity index is 3.18. The van der Waals surface area contributed by atoms with Gasteiger partial charge in [-0.05, 0) is 22.0 Å². The Labute approximate surface area is 78.9 Å². The van der Waals surface area contributed by atoms with Crippen LogP contribution in [0.25, 0.3) is 0 Å². The van der Waals surface area contributed by atoms with Gasteiger partial charge in [0.15, 0.2) is 11.6 Å². The highest BCUT2D eigenvalue weighted by Crippen LogP contribution is 2.29. The van der Waals surface area contributed by atoms with E-state index in [1.165, 1.54) is 13.2 Å². The topological polar surface area (TPSA) is 21.3 Å². The summed E-state index contributed by atoms with van der Waals surface area (Å²) in [5, 5.41) is 2.90. The van der Waals surface area contributed by atoms with Gasteiger partial charge in [-0.25, -0.2) is 4.39 Å². The van der Waals surface area contributed by atoms with Gasteiger partial charge in [-0.1, -0.05) is 0 Å². The molecule has 0 aromatic heterocycles. The van der Waals surface area contributed by atoms with E-state index in [0.717, 1.165) is 5.69 Å². The summed E-state index contributed by atoms with van der Waals surface area (Å²) >= 11 is 3.21. The first-order chi connectivity index (χ1) is 5.69. The van der Waals surface area contributed by atoms with Crippen LogP contribution >= 0.6 is 15.9 Å². The van der Waals surface area contributed by atoms with Gasteiger partial charge in [0, 0.05) is 17.6 Å². The van der Waals surface area contributed by atoms with Crippen molar-refractivity contribution >= 4 is 21.6 Å². The summed E-state index contributed by atoms with van der Waals surface area (Å²) in [6.45, 7) is 0. The lowest BCUT2D eigenvalue weighted by Crippen LogP contribution is -1.93. The molecule has 1 aromatic carbocycles. The van der Waals surface area contributed by atoms with Gasteiger partial charge in [-0.2, -0.15) is 0 Å². The van der Waals surface area contributed by atoms with Gasteiger partial charge in [0.25, 0.3) is 0 Å². The molecule has 0 atom stereocenters. The minimum Gasteiger partial charge on any atom is -0.494 e. The molecule has 0 saturated carbocycles. The predicted molar refractivity (Wildman–Crippen MR) is 50.2 cm³/mol. The second-order valence-corrected chi connectivity index (χ2v) is 3.07. The molecule has 0 saturated heterocycles. The van der Waals surface area contributed by atoms with E-state index in [1.54, 1.807) is 13.1 Å². The Morgan fingerprint density at radius 3 is 2.67 bits per heavy atom. The molecule has 0 radical (unpaired) electrons. The molecule has 2 nitrogen and oxygen atoms in total. The van der Waals surface area contributed by atoms with E-state index in [9.17, 15) is 4.39 Å².